The maximum Gasteiger partial charge on any atom is 0.356 e. The highest BCUT2D eigenvalue weighted by Crippen LogP contribution is 2.23. The number of rotatable bonds is 1. The summed E-state index contributed by atoms with van der Waals surface area (Å²) in [6.45, 7) is 0. The summed E-state index contributed by atoms with van der Waals surface area (Å²) in [5.74, 6) is -0.459. The van der Waals surface area contributed by atoms with Gasteiger partial charge in [0.15, 0.2) is 5.13 Å². The van der Waals surface area contributed by atoms with Crippen LogP contribution >= 0.6 is 11.3 Å². The number of fused-ring (bicyclic) bond motifs is 1. The maximum atomic E-state index is 11.1. The maximum absolute atomic E-state index is 11.1. The lowest BCUT2D eigenvalue weighted by molar-refractivity contribution is 0.0594. The molecule has 2 aromatic heterocycles. The van der Waals surface area contributed by atoms with Gasteiger partial charge in [-0.1, -0.05) is 11.3 Å². The molecule has 0 amide bonds. The number of thiazole rings is 1. The Morgan fingerprint density at radius 1 is 1.64 bits per heavy atom. The van der Waals surface area contributed by atoms with Crippen LogP contribution in [0.2, 0.25) is 0 Å². The van der Waals surface area contributed by atoms with Gasteiger partial charge in [0.1, 0.15) is 11.2 Å². The topological polar surface area (TPSA) is 78.1 Å². The fourth-order valence-corrected chi connectivity index (χ4v) is 1.81. The lowest BCUT2D eigenvalue weighted by atomic mass is 10.3. The van der Waals surface area contributed by atoms with E-state index < -0.39 is 5.97 Å². The molecule has 0 saturated heterocycles. The average molecular weight is 209 g/mol. The van der Waals surface area contributed by atoms with E-state index in [-0.39, 0.29) is 5.69 Å². The molecule has 0 saturated carbocycles. The molecule has 2 aromatic rings. The summed E-state index contributed by atoms with van der Waals surface area (Å²) in [5, 5.41) is 0.462. The highest BCUT2D eigenvalue weighted by molar-refractivity contribution is 7.22. The van der Waals surface area contributed by atoms with Crippen molar-refractivity contribution in [2.24, 2.45) is 0 Å². The number of aromatic nitrogens is 2. The van der Waals surface area contributed by atoms with Crippen LogP contribution in [0.4, 0.5) is 5.13 Å². The van der Waals surface area contributed by atoms with Crippen molar-refractivity contribution in [1.82, 2.24) is 9.97 Å². The van der Waals surface area contributed by atoms with Gasteiger partial charge < -0.3 is 10.5 Å². The second-order valence-corrected chi connectivity index (χ2v) is 3.64. The molecular weight excluding hydrogens is 202 g/mol. The summed E-state index contributed by atoms with van der Waals surface area (Å²) in [7, 11) is 1.31. The molecule has 0 aromatic carbocycles. The average Bonchev–Trinajstić information content (AvgIpc) is 2.55. The number of nitrogens with two attached hydrogens (primary N) is 1. The molecule has 0 atom stereocenters. The molecule has 0 spiro atoms. The molecule has 14 heavy (non-hydrogen) atoms. The van der Waals surface area contributed by atoms with Gasteiger partial charge in [0.05, 0.1) is 18.0 Å². The first-order valence-corrected chi connectivity index (χ1v) is 4.62. The molecule has 0 radical (unpaired) electrons. The molecule has 0 bridgehead atoms. The summed E-state index contributed by atoms with van der Waals surface area (Å²) in [6.07, 6.45) is 1.51. The molecule has 6 heteroatoms. The number of ether oxygens (including phenoxy) is 1. The van der Waals surface area contributed by atoms with E-state index in [0.29, 0.717) is 10.6 Å². The van der Waals surface area contributed by atoms with E-state index in [2.05, 4.69) is 14.7 Å². The Bertz CT molecular complexity index is 494. The lowest BCUT2D eigenvalue weighted by Crippen LogP contribution is -2.03. The van der Waals surface area contributed by atoms with Crippen LogP contribution < -0.4 is 5.73 Å². The Kier molecular flexibility index (Phi) is 2.05. The molecule has 0 aliphatic carbocycles. The Labute approximate surface area is 83.5 Å². The number of hydrogen-bond acceptors (Lipinski definition) is 6. The van der Waals surface area contributed by atoms with E-state index >= 15 is 0 Å². The largest absolute Gasteiger partial charge is 0.464 e. The molecule has 5 nitrogen and oxygen atoms in total. The van der Waals surface area contributed by atoms with Crippen LogP contribution in [0.3, 0.4) is 0 Å². The third-order valence-electron chi connectivity index (χ3n) is 1.69. The molecule has 2 rings (SSSR count). The van der Waals surface area contributed by atoms with E-state index in [4.69, 9.17) is 5.73 Å². The number of nitrogen functional groups attached to an aromatic ring is 1. The number of carbonyl (C=O) groups excluding carboxylic acids is 1. The number of methoxy groups -OCH3 is 1. The summed E-state index contributed by atoms with van der Waals surface area (Å²) >= 11 is 1.31. The van der Waals surface area contributed by atoms with Crippen molar-refractivity contribution in [2.45, 2.75) is 0 Å². The van der Waals surface area contributed by atoms with Crippen molar-refractivity contribution < 1.29 is 9.53 Å². The number of carbonyl (C=O) groups is 1. The fraction of sp³-hybridized carbons (Fsp3) is 0.125. The number of anilines is 1. The zero-order valence-electron chi connectivity index (χ0n) is 7.35. The molecule has 2 heterocycles. The SMILES string of the molecule is COC(=O)c1cc2sc(N)nc2cn1. The minimum absolute atomic E-state index is 0.267. The van der Waals surface area contributed by atoms with Crippen LogP contribution in [0, 0.1) is 0 Å². The Morgan fingerprint density at radius 2 is 2.43 bits per heavy atom. The first-order chi connectivity index (χ1) is 6.70. The van der Waals surface area contributed by atoms with Gasteiger partial charge in [-0.3, -0.25) is 0 Å². The summed E-state index contributed by atoms with van der Waals surface area (Å²) < 4.78 is 5.37. The van der Waals surface area contributed by atoms with Crippen molar-refractivity contribution in [1.29, 1.82) is 0 Å². The van der Waals surface area contributed by atoms with Gasteiger partial charge in [-0.15, -0.1) is 0 Å². The second-order valence-electron chi connectivity index (χ2n) is 2.58. The van der Waals surface area contributed by atoms with Gasteiger partial charge in [0.25, 0.3) is 0 Å². The van der Waals surface area contributed by atoms with Gasteiger partial charge in [-0.2, -0.15) is 0 Å². The molecular formula is C8H7N3O2S. The van der Waals surface area contributed by atoms with E-state index in [1.165, 1.54) is 24.6 Å². The van der Waals surface area contributed by atoms with E-state index in [1.54, 1.807) is 6.07 Å². The van der Waals surface area contributed by atoms with Crippen molar-refractivity contribution in [3.05, 3.63) is 18.0 Å². The van der Waals surface area contributed by atoms with Gasteiger partial charge >= 0.3 is 5.97 Å². The molecule has 0 aliphatic rings. The lowest BCUT2D eigenvalue weighted by Gasteiger charge is -1.96. The third-order valence-corrected chi connectivity index (χ3v) is 2.53. The molecule has 2 N–H and O–H groups in total. The number of pyridine rings is 1. The smallest absolute Gasteiger partial charge is 0.356 e. The van der Waals surface area contributed by atoms with Crippen LogP contribution in [0.1, 0.15) is 10.5 Å². The molecule has 0 fully saturated rings. The summed E-state index contributed by atoms with van der Waals surface area (Å²) in [5.41, 5.74) is 6.47. The summed E-state index contributed by atoms with van der Waals surface area (Å²) in [6, 6.07) is 1.62. The first kappa shape index (κ1) is 8.89. The van der Waals surface area contributed by atoms with Gasteiger partial charge in [-0.05, 0) is 6.07 Å². The number of nitrogens with zero attached hydrogens (tertiary/aromatic N) is 2. The number of hydrogen-bond donors (Lipinski definition) is 1. The zero-order valence-corrected chi connectivity index (χ0v) is 8.17. The Balaban J connectivity index is 2.55. The fourth-order valence-electron chi connectivity index (χ4n) is 1.07. The predicted octanol–water partition coefficient (Wildman–Crippen LogP) is 1.06. The summed E-state index contributed by atoms with van der Waals surface area (Å²) in [4.78, 5) is 19.1. The van der Waals surface area contributed by atoms with Crippen molar-refractivity contribution in [2.75, 3.05) is 12.8 Å². The highest BCUT2D eigenvalue weighted by Gasteiger charge is 2.09. The first-order valence-electron chi connectivity index (χ1n) is 3.81. The minimum Gasteiger partial charge on any atom is -0.464 e. The molecule has 72 valence electrons. The van der Waals surface area contributed by atoms with Crippen LogP contribution in [0.15, 0.2) is 12.3 Å². The zero-order chi connectivity index (χ0) is 10.1. The Morgan fingerprint density at radius 3 is 3.14 bits per heavy atom. The normalized spacial score (nSPS) is 10.4. The van der Waals surface area contributed by atoms with Gasteiger partial charge in [-0.25, -0.2) is 14.8 Å². The van der Waals surface area contributed by atoms with Crippen molar-refractivity contribution >= 4 is 32.7 Å². The predicted molar refractivity (Wildman–Crippen MR) is 53.2 cm³/mol. The highest BCUT2D eigenvalue weighted by atomic mass is 32.1. The van der Waals surface area contributed by atoms with E-state index in [0.717, 1.165) is 4.70 Å². The molecule has 0 unspecified atom stereocenters. The van der Waals surface area contributed by atoms with Crippen LogP contribution in [0.5, 0.6) is 0 Å². The minimum atomic E-state index is -0.459. The van der Waals surface area contributed by atoms with E-state index in [9.17, 15) is 4.79 Å². The molecule has 0 aliphatic heterocycles. The van der Waals surface area contributed by atoms with E-state index in [1.807, 2.05) is 0 Å². The van der Waals surface area contributed by atoms with Gasteiger partial charge in [0, 0.05) is 0 Å². The van der Waals surface area contributed by atoms with Crippen LogP contribution in [0.25, 0.3) is 10.2 Å². The van der Waals surface area contributed by atoms with Crippen LogP contribution in [-0.4, -0.2) is 23.0 Å². The third kappa shape index (κ3) is 1.39. The van der Waals surface area contributed by atoms with Crippen LogP contribution in [-0.2, 0) is 4.74 Å². The quantitative estimate of drug-likeness (QED) is 0.710. The number of esters is 1. The standard InChI is InChI=1S/C8H7N3O2S/c1-13-7(12)4-2-6-5(3-10-4)11-8(9)14-6/h2-3H,1H3,(H2,9,11). The van der Waals surface area contributed by atoms with Gasteiger partial charge in [0.2, 0.25) is 0 Å². The monoisotopic (exact) mass is 209 g/mol. The van der Waals surface area contributed by atoms with Crippen molar-refractivity contribution in [3.8, 4) is 0 Å². The van der Waals surface area contributed by atoms with Crippen molar-refractivity contribution in [3.63, 3.8) is 0 Å². The Hall–Kier alpha value is -1.69. The second kappa shape index (κ2) is 3.22.